The van der Waals surface area contributed by atoms with Crippen LogP contribution in [0.1, 0.15) is 88.4 Å². The van der Waals surface area contributed by atoms with Crippen LogP contribution in [0.25, 0.3) is 0 Å². The van der Waals surface area contributed by atoms with Gasteiger partial charge in [0.2, 0.25) is 0 Å². The molecule has 0 amide bonds. The number of ether oxygens (including phenoxy) is 1. The molecule has 0 saturated heterocycles. The highest BCUT2D eigenvalue weighted by Crippen LogP contribution is 2.66. The van der Waals surface area contributed by atoms with Crippen molar-refractivity contribution in [3.63, 3.8) is 0 Å². The Bertz CT molecular complexity index is 727. The first kappa shape index (κ1) is 18.7. The van der Waals surface area contributed by atoms with E-state index in [9.17, 15) is 4.79 Å². The summed E-state index contributed by atoms with van der Waals surface area (Å²) in [7, 11) is 0. The maximum absolute atomic E-state index is 12.7. The molecule has 152 valence electrons. The summed E-state index contributed by atoms with van der Waals surface area (Å²) in [6, 6.07) is 9.54. The van der Waals surface area contributed by atoms with Gasteiger partial charge in [0.15, 0.2) is 0 Å². The molecule has 4 aliphatic carbocycles. The smallest absolute Gasteiger partial charge is 0.338 e. The largest absolute Gasteiger partial charge is 0.458 e. The summed E-state index contributed by atoms with van der Waals surface area (Å²) in [5.41, 5.74) is 1.46. The molecule has 28 heavy (non-hydrogen) atoms. The van der Waals surface area contributed by atoms with Crippen LogP contribution in [-0.4, -0.2) is 12.1 Å². The van der Waals surface area contributed by atoms with Gasteiger partial charge in [-0.05, 0) is 92.6 Å². The Kier molecular flexibility index (Phi) is 4.60. The number of hydrogen-bond acceptors (Lipinski definition) is 2. The second-order valence-electron chi connectivity index (χ2n) is 10.8. The van der Waals surface area contributed by atoms with Crippen molar-refractivity contribution in [1.82, 2.24) is 0 Å². The minimum atomic E-state index is -0.127. The van der Waals surface area contributed by atoms with Crippen LogP contribution in [0.2, 0.25) is 0 Å². The Labute approximate surface area is 170 Å². The molecule has 4 saturated carbocycles. The van der Waals surface area contributed by atoms with Crippen LogP contribution in [0.15, 0.2) is 30.3 Å². The van der Waals surface area contributed by atoms with E-state index in [1.54, 1.807) is 0 Å². The molecule has 7 atom stereocenters. The van der Waals surface area contributed by atoms with E-state index in [2.05, 4.69) is 13.8 Å². The van der Waals surface area contributed by atoms with Crippen molar-refractivity contribution in [3.8, 4) is 0 Å². The van der Waals surface area contributed by atoms with Gasteiger partial charge in [-0.25, -0.2) is 4.79 Å². The molecule has 0 aliphatic heterocycles. The molecule has 0 radical (unpaired) electrons. The van der Waals surface area contributed by atoms with Gasteiger partial charge < -0.3 is 4.74 Å². The SMILES string of the molecule is C[C@]12CCCC[C@@H]1CC[C@H]1[C@H]2CC[C@@]2(C)[C@@H]1CC[C@H]2OC(=O)c1ccccc1. The lowest BCUT2D eigenvalue weighted by Crippen LogP contribution is -2.53. The second-order valence-corrected chi connectivity index (χ2v) is 10.8. The van der Waals surface area contributed by atoms with Gasteiger partial charge in [0.05, 0.1) is 5.56 Å². The number of hydrogen-bond donors (Lipinski definition) is 0. The summed E-state index contributed by atoms with van der Waals surface area (Å²) < 4.78 is 6.14. The van der Waals surface area contributed by atoms with Crippen molar-refractivity contribution >= 4 is 5.97 Å². The number of benzene rings is 1. The zero-order valence-corrected chi connectivity index (χ0v) is 17.7. The summed E-state index contributed by atoms with van der Waals surface area (Å²) >= 11 is 0. The highest BCUT2D eigenvalue weighted by Gasteiger charge is 2.60. The average Bonchev–Trinajstić information content (AvgIpc) is 3.04. The predicted molar refractivity (Wildman–Crippen MR) is 112 cm³/mol. The fourth-order valence-corrected chi connectivity index (χ4v) is 8.21. The first-order valence-electron chi connectivity index (χ1n) is 11.8. The van der Waals surface area contributed by atoms with Crippen molar-refractivity contribution in [3.05, 3.63) is 35.9 Å². The highest BCUT2D eigenvalue weighted by molar-refractivity contribution is 5.89. The Morgan fingerprint density at radius 3 is 2.46 bits per heavy atom. The standard InChI is InChI=1S/C26H36O2/c1-25-16-7-6-10-19(25)11-12-20-21-13-14-23(26(21,2)17-15-22(20)25)28-24(27)18-8-4-3-5-9-18/h3-5,8-9,19-23H,6-7,10-17H2,1-2H3/t19-,20-,21-,22-,23-,25+,26+/m1/s1. The fraction of sp³-hybridized carbons (Fsp3) is 0.731. The summed E-state index contributed by atoms with van der Waals surface area (Å²) in [4.78, 5) is 12.7. The second kappa shape index (κ2) is 6.89. The summed E-state index contributed by atoms with van der Waals surface area (Å²) in [6.45, 7) is 5.08. The van der Waals surface area contributed by atoms with Crippen LogP contribution in [0.5, 0.6) is 0 Å². The monoisotopic (exact) mass is 380 g/mol. The van der Waals surface area contributed by atoms with Gasteiger partial charge in [-0.15, -0.1) is 0 Å². The normalized spacial score (nSPS) is 44.9. The zero-order chi connectivity index (χ0) is 19.4. The number of carbonyl (C=O) groups excluding carboxylic acids is 1. The van der Waals surface area contributed by atoms with Gasteiger partial charge in [0.1, 0.15) is 6.10 Å². The average molecular weight is 381 g/mol. The molecule has 0 bridgehead atoms. The topological polar surface area (TPSA) is 26.3 Å². The van der Waals surface area contributed by atoms with Crippen molar-refractivity contribution in [2.45, 2.75) is 84.2 Å². The van der Waals surface area contributed by atoms with E-state index in [1.807, 2.05) is 30.3 Å². The quantitative estimate of drug-likeness (QED) is 0.537. The van der Waals surface area contributed by atoms with Crippen LogP contribution >= 0.6 is 0 Å². The van der Waals surface area contributed by atoms with Crippen LogP contribution in [0.3, 0.4) is 0 Å². The Hall–Kier alpha value is -1.31. The van der Waals surface area contributed by atoms with Gasteiger partial charge in [0.25, 0.3) is 0 Å². The van der Waals surface area contributed by atoms with Crippen molar-refractivity contribution in [1.29, 1.82) is 0 Å². The van der Waals surface area contributed by atoms with Crippen LogP contribution in [-0.2, 0) is 4.74 Å². The predicted octanol–water partition coefficient (Wildman–Crippen LogP) is 6.64. The van der Waals surface area contributed by atoms with Gasteiger partial charge in [-0.3, -0.25) is 0 Å². The van der Waals surface area contributed by atoms with Crippen molar-refractivity contribution in [2.24, 2.45) is 34.5 Å². The van der Waals surface area contributed by atoms with Crippen LogP contribution < -0.4 is 0 Å². The molecule has 2 heteroatoms. The van der Waals surface area contributed by atoms with Gasteiger partial charge in [-0.2, -0.15) is 0 Å². The summed E-state index contributed by atoms with van der Waals surface area (Å²) in [5.74, 6) is 3.36. The minimum absolute atomic E-state index is 0.100. The van der Waals surface area contributed by atoms with E-state index in [0.717, 1.165) is 30.1 Å². The molecule has 2 nitrogen and oxygen atoms in total. The third kappa shape index (κ3) is 2.77. The molecule has 0 unspecified atom stereocenters. The highest BCUT2D eigenvalue weighted by atomic mass is 16.5. The number of rotatable bonds is 2. The van der Waals surface area contributed by atoms with Crippen LogP contribution in [0, 0.1) is 34.5 Å². The molecule has 1 aromatic carbocycles. The lowest BCUT2D eigenvalue weighted by Gasteiger charge is -2.60. The summed E-state index contributed by atoms with van der Waals surface area (Å²) in [5, 5.41) is 0. The lowest BCUT2D eigenvalue weighted by atomic mass is 9.45. The molecule has 4 fully saturated rings. The summed E-state index contributed by atoms with van der Waals surface area (Å²) in [6.07, 6.45) is 13.7. The van der Waals surface area contributed by atoms with E-state index in [1.165, 1.54) is 57.8 Å². The number of esters is 1. The van der Waals surface area contributed by atoms with Crippen molar-refractivity contribution < 1.29 is 9.53 Å². The van der Waals surface area contributed by atoms with Gasteiger partial charge in [-0.1, -0.05) is 44.9 Å². The van der Waals surface area contributed by atoms with Crippen molar-refractivity contribution in [2.75, 3.05) is 0 Å². The van der Waals surface area contributed by atoms with E-state index < -0.39 is 0 Å². The minimum Gasteiger partial charge on any atom is -0.458 e. The van der Waals surface area contributed by atoms with E-state index in [0.29, 0.717) is 11.0 Å². The maximum Gasteiger partial charge on any atom is 0.338 e. The van der Waals surface area contributed by atoms with E-state index >= 15 is 0 Å². The molecular weight excluding hydrogens is 344 g/mol. The molecule has 1 aromatic rings. The lowest BCUT2D eigenvalue weighted by molar-refractivity contribution is -0.122. The first-order chi connectivity index (χ1) is 13.5. The molecule has 0 aromatic heterocycles. The molecule has 0 heterocycles. The van der Waals surface area contributed by atoms with Crippen LogP contribution in [0.4, 0.5) is 0 Å². The number of carbonyl (C=O) groups is 1. The van der Waals surface area contributed by atoms with Gasteiger partial charge >= 0.3 is 5.97 Å². The molecule has 0 N–H and O–H groups in total. The van der Waals surface area contributed by atoms with E-state index in [4.69, 9.17) is 4.74 Å². The Morgan fingerprint density at radius 2 is 1.64 bits per heavy atom. The number of fused-ring (bicyclic) bond motifs is 5. The van der Waals surface area contributed by atoms with Gasteiger partial charge in [0, 0.05) is 5.41 Å². The zero-order valence-electron chi connectivity index (χ0n) is 17.7. The Morgan fingerprint density at radius 1 is 0.857 bits per heavy atom. The molecule has 5 rings (SSSR count). The third-order valence-electron chi connectivity index (χ3n) is 9.76. The Balaban J connectivity index is 1.35. The fourth-order valence-electron chi connectivity index (χ4n) is 8.21. The molecule has 0 spiro atoms. The van der Waals surface area contributed by atoms with E-state index in [-0.39, 0.29) is 17.5 Å². The molecule has 4 aliphatic rings. The molecular formula is C26H36O2. The third-order valence-corrected chi connectivity index (χ3v) is 9.76. The first-order valence-corrected chi connectivity index (χ1v) is 11.8. The maximum atomic E-state index is 12.7.